The number of carbonyl (C=O) groups excluding carboxylic acids is 2. The summed E-state index contributed by atoms with van der Waals surface area (Å²) in [5, 5.41) is 8.88. The predicted molar refractivity (Wildman–Crippen MR) is 163 cm³/mol. The molecule has 3 rings (SSSR count). The molecule has 0 radical (unpaired) electrons. The number of ether oxygens (including phenoxy) is 3. The molecule has 40 heavy (non-hydrogen) atoms. The first-order valence-electron chi connectivity index (χ1n) is 13.1. The molecule has 0 unspecified atom stereocenters. The summed E-state index contributed by atoms with van der Waals surface area (Å²) >= 11 is 0. The van der Waals surface area contributed by atoms with Gasteiger partial charge in [0, 0.05) is 26.8 Å². The number of carbonyl (C=O) groups is 2. The Bertz CT molecular complexity index is 1250. The maximum absolute atomic E-state index is 13.4. The van der Waals surface area contributed by atoms with Crippen LogP contribution in [-0.4, -0.2) is 38.7 Å². The lowest BCUT2D eigenvalue weighted by atomic mass is 9.85. The van der Waals surface area contributed by atoms with Crippen LogP contribution >= 0.6 is 0 Å². The molecule has 0 saturated carbocycles. The molecule has 1 aliphatic heterocycles. The number of aryl methyl sites for hydroxylation is 1. The van der Waals surface area contributed by atoms with Gasteiger partial charge >= 0.3 is 0 Å². The number of amides is 2. The molecule has 0 atom stereocenters. The van der Waals surface area contributed by atoms with Crippen LogP contribution in [0.3, 0.4) is 0 Å². The first kappa shape index (κ1) is 32.6. The Morgan fingerprint density at radius 1 is 1.07 bits per heavy atom. The van der Waals surface area contributed by atoms with E-state index in [1.807, 2.05) is 45.9 Å². The quantitative estimate of drug-likeness (QED) is 0.260. The van der Waals surface area contributed by atoms with Crippen molar-refractivity contribution in [3.63, 3.8) is 0 Å². The fourth-order valence-electron chi connectivity index (χ4n) is 3.90. The van der Waals surface area contributed by atoms with E-state index in [1.54, 1.807) is 19.2 Å². The van der Waals surface area contributed by atoms with E-state index in [1.165, 1.54) is 6.20 Å². The first-order valence-corrected chi connectivity index (χ1v) is 13.1. The van der Waals surface area contributed by atoms with Crippen LogP contribution in [0.15, 0.2) is 42.2 Å². The first-order chi connectivity index (χ1) is 18.2. The van der Waals surface area contributed by atoms with E-state index in [-0.39, 0.29) is 37.3 Å². The van der Waals surface area contributed by atoms with Crippen molar-refractivity contribution < 1.29 is 26.7 Å². The summed E-state index contributed by atoms with van der Waals surface area (Å²) in [4.78, 5) is 25.7. The highest BCUT2D eigenvalue weighted by molar-refractivity contribution is 6.06. The molecule has 0 aliphatic carbocycles. The van der Waals surface area contributed by atoms with Gasteiger partial charge in [-0.15, -0.1) is 0 Å². The van der Waals surface area contributed by atoms with Crippen LogP contribution < -0.4 is 32.6 Å². The average molecular weight is 560 g/mol. The summed E-state index contributed by atoms with van der Waals surface area (Å²) in [6.45, 7) is 15.7. The van der Waals surface area contributed by atoms with Crippen molar-refractivity contribution in [1.82, 2.24) is 11.5 Å². The van der Waals surface area contributed by atoms with Crippen molar-refractivity contribution in [1.29, 1.82) is 0 Å². The monoisotopic (exact) mass is 559 g/mol. The number of rotatable bonds is 8. The molecule has 10 heteroatoms. The molecule has 0 aromatic heterocycles. The lowest BCUT2D eigenvalue weighted by molar-refractivity contribution is -0.117. The van der Waals surface area contributed by atoms with Gasteiger partial charge in [-0.25, -0.2) is 0 Å². The minimum atomic E-state index is -0.564. The Labute approximate surface area is 240 Å². The zero-order valence-corrected chi connectivity index (χ0v) is 25.0. The Morgan fingerprint density at radius 3 is 2.30 bits per heavy atom. The third kappa shape index (κ3) is 8.45. The van der Waals surface area contributed by atoms with E-state index >= 15 is 0 Å². The van der Waals surface area contributed by atoms with Crippen molar-refractivity contribution in [2.75, 3.05) is 37.5 Å². The smallest absolute Gasteiger partial charge is 0.268 e. The molecule has 1 aliphatic rings. The summed E-state index contributed by atoms with van der Waals surface area (Å²) in [7, 11) is 1.56. The zero-order chi connectivity index (χ0) is 29.0. The van der Waals surface area contributed by atoms with Gasteiger partial charge in [0.15, 0.2) is 12.0 Å². The molecule has 1 heterocycles. The second kappa shape index (κ2) is 13.2. The molecule has 224 valence electrons. The van der Waals surface area contributed by atoms with Gasteiger partial charge in [-0.2, -0.15) is 0 Å². The highest BCUT2D eigenvalue weighted by Crippen LogP contribution is 2.41. The fraction of sp³-hybridized carbons (Fsp3) is 0.467. The summed E-state index contributed by atoms with van der Waals surface area (Å²) in [5.41, 5.74) is 9.98. The second-order valence-corrected chi connectivity index (χ2v) is 11.9. The molecule has 10 nitrogen and oxygen atoms in total. The van der Waals surface area contributed by atoms with Crippen molar-refractivity contribution in [2.45, 2.75) is 60.2 Å². The van der Waals surface area contributed by atoms with Crippen LogP contribution in [0, 0.1) is 12.3 Å². The molecule has 2 aromatic carbocycles. The van der Waals surface area contributed by atoms with Gasteiger partial charge in [0.05, 0.1) is 31.6 Å². The number of nitrogens with two attached hydrogens (primary N) is 1. The summed E-state index contributed by atoms with van der Waals surface area (Å²) in [5.74, 6) is -0.187. The molecule has 8 N–H and O–H groups in total. The van der Waals surface area contributed by atoms with E-state index in [4.69, 9.17) is 19.9 Å². The highest BCUT2D eigenvalue weighted by Gasteiger charge is 2.28. The number of hydrogen-bond donors (Lipinski definition) is 5. The van der Waals surface area contributed by atoms with E-state index in [9.17, 15) is 9.59 Å². The standard InChI is InChI=1S/C30H42N4O5.H3N.2H2/c1-18-9-10-19(13-23(18)32-16-22(31)27(36)33-17-29(2,3)4)26(35)34-24-15-20(30(5,6)7)14-21(25(24)37-8)28-38-11-12-39-28;;;/h9-10,13-16,28,32H,11-12,17,31H2,1-8H3,(H,33,36)(H,34,35);1H3;2*1H/b22-16-;;;. The molecular formula is C30H49N5O5. The van der Waals surface area contributed by atoms with Crippen LogP contribution in [0.25, 0.3) is 0 Å². The predicted octanol–water partition coefficient (Wildman–Crippen LogP) is 5.63. The van der Waals surface area contributed by atoms with Crippen molar-refractivity contribution in [3.8, 4) is 5.75 Å². The van der Waals surface area contributed by atoms with Crippen molar-refractivity contribution in [3.05, 3.63) is 64.5 Å². The Balaban J connectivity index is 0.00000560. The van der Waals surface area contributed by atoms with Gasteiger partial charge in [0.2, 0.25) is 0 Å². The second-order valence-electron chi connectivity index (χ2n) is 11.9. The Kier molecular flexibility index (Phi) is 10.7. The van der Waals surface area contributed by atoms with E-state index in [0.29, 0.717) is 42.4 Å². The number of nitrogens with one attached hydrogen (secondary N) is 3. The van der Waals surface area contributed by atoms with Crippen LogP contribution in [0.4, 0.5) is 11.4 Å². The largest absolute Gasteiger partial charge is 0.494 e. The summed E-state index contributed by atoms with van der Waals surface area (Å²) in [6, 6.07) is 9.21. The Hall–Kier alpha value is -3.60. The number of benzene rings is 2. The molecule has 0 bridgehead atoms. The van der Waals surface area contributed by atoms with Gasteiger partial charge < -0.3 is 42.0 Å². The highest BCUT2D eigenvalue weighted by atomic mass is 16.7. The van der Waals surface area contributed by atoms with E-state index in [2.05, 4.69) is 36.7 Å². The molecule has 2 aromatic rings. The molecule has 1 saturated heterocycles. The number of hydrogen-bond acceptors (Lipinski definition) is 8. The number of anilines is 2. The molecule has 1 fully saturated rings. The normalized spacial score (nSPS) is 14.3. The minimum absolute atomic E-state index is 0. The van der Waals surface area contributed by atoms with Gasteiger partial charge in [-0.3, -0.25) is 9.59 Å². The lowest BCUT2D eigenvalue weighted by Gasteiger charge is -2.25. The summed E-state index contributed by atoms with van der Waals surface area (Å²) < 4.78 is 17.2. The van der Waals surface area contributed by atoms with Gasteiger partial charge in [-0.05, 0) is 53.1 Å². The topological polar surface area (TPSA) is 159 Å². The maximum atomic E-state index is 13.4. The van der Waals surface area contributed by atoms with Crippen molar-refractivity contribution >= 4 is 23.2 Å². The molecule has 0 spiro atoms. The zero-order valence-electron chi connectivity index (χ0n) is 25.0. The third-order valence-corrected chi connectivity index (χ3v) is 6.24. The molecule has 2 amide bonds. The average Bonchev–Trinajstić information content (AvgIpc) is 3.40. The summed E-state index contributed by atoms with van der Waals surface area (Å²) in [6.07, 6.45) is 0.872. The van der Waals surface area contributed by atoms with Crippen molar-refractivity contribution in [2.24, 2.45) is 11.1 Å². The minimum Gasteiger partial charge on any atom is -0.494 e. The van der Waals surface area contributed by atoms with Gasteiger partial charge in [-0.1, -0.05) is 47.6 Å². The fourth-order valence-corrected chi connectivity index (χ4v) is 3.90. The van der Waals surface area contributed by atoms with Gasteiger partial charge in [0.1, 0.15) is 5.70 Å². The van der Waals surface area contributed by atoms with E-state index in [0.717, 1.165) is 16.7 Å². The Morgan fingerprint density at radius 2 is 1.73 bits per heavy atom. The van der Waals surface area contributed by atoms with Crippen LogP contribution in [-0.2, 0) is 19.7 Å². The maximum Gasteiger partial charge on any atom is 0.268 e. The van der Waals surface area contributed by atoms with Gasteiger partial charge in [0.25, 0.3) is 11.8 Å². The molecular weight excluding hydrogens is 510 g/mol. The number of methoxy groups -OCH3 is 1. The van der Waals surface area contributed by atoms with Crippen LogP contribution in [0.1, 0.15) is 77.7 Å². The lowest BCUT2D eigenvalue weighted by Crippen LogP contribution is -2.35. The SMILES string of the molecule is COc1c(NC(=O)c2ccc(C)c(N/C=C(\N)C(=O)NCC(C)(C)C)c2)cc(C(C)(C)C)cc1C1OCCO1.N.[HH].[HH]. The van der Waals surface area contributed by atoms with E-state index < -0.39 is 6.29 Å². The van der Waals surface area contributed by atoms with Crippen LogP contribution in [0.2, 0.25) is 0 Å². The van der Waals surface area contributed by atoms with Crippen LogP contribution in [0.5, 0.6) is 5.75 Å². The third-order valence-electron chi connectivity index (χ3n) is 6.24.